The van der Waals surface area contributed by atoms with E-state index in [-0.39, 0.29) is 33.6 Å². The third kappa shape index (κ3) is 4.01. The third-order valence-corrected chi connectivity index (χ3v) is 5.71. The maximum atomic E-state index is 12.2. The SMILES string of the molecule is O=c1[nH]c2ccccc2cc1CCNS(=O)(=O)c1cnc(Cl)c(Cl)c1. The Morgan fingerprint density at radius 2 is 1.92 bits per heavy atom. The molecule has 25 heavy (non-hydrogen) atoms. The van der Waals surface area contributed by atoms with Crippen molar-refractivity contribution in [3.8, 4) is 0 Å². The van der Waals surface area contributed by atoms with Crippen molar-refractivity contribution >= 4 is 44.1 Å². The van der Waals surface area contributed by atoms with Gasteiger partial charge < -0.3 is 4.98 Å². The molecule has 0 amide bonds. The van der Waals surface area contributed by atoms with E-state index >= 15 is 0 Å². The van der Waals surface area contributed by atoms with E-state index in [1.54, 1.807) is 12.1 Å². The lowest BCUT2D eigenvalue weighted by atomic mass is 10.1. The first kappa shape index (κ1) is 17.9. The van der Waals surface area contributed by atoms with Gasteiger partial charge in [-0.3, -0.25) is 4.79 Å². The normalized spacial score (nSPS) is 11.8. The van der Waals surface area contributed by atoms with Crippen LogP contribution in [0.3, 0.4) is 0 Å². The third-order valence-electron chi connectivity index (χ3n) is 3.60. The second-order valence-electron chi connectivity index (χ2n) is 5.30. The molecule has 0 saturated heterocycles. The number of aromatic amines is 1. The zero-order chi connectivity index (χ0) is 18.0. The zero-order valence-electron chi connectivity index (χ0n) is 12.8. The van der Waals surface area contributed by atoms with Crippen LogP contribution in [0.2, 0.25) is 10.2 Å². The number of halogens is 2. The van der Waals surface area contributed by atoms with Gasteiger partial charge >= 0.3 is 0 Å². The molecule has 0 aliphatic heterocycles. The number of H-pyrrole nitrogens is 1. The van der Waals surface area contributed by atoms with Crippen LogP contribution >= 0.6 is 23.2 Å². The molecule has 0 aliphatic carbocycles. The van der Waals surface area contributed by atoms with Gasteiger partial charge in [0.15, 0.2) is 0 Å². The number of hydrogen-bond donors (Lipinski definition) is 2. The molecule has 3 aromatic rings. The lowest BCUT2D eigenvalue weighted by Crippen LogP contribution is -2.27. The fraction of sp³-hybridized carbons (Fsp3) is 0.125. The maximum absolute atomic E-state index is 12.2. The number of nitrogens with one attached hydrogen (secondary N) is 2. The number of fused-ring (bicyclic) bond motifs is 1. The van der Waals surface area contributed by atoms with Crippen LogP contribution in [0.4, 0.5) is 0 Å². The number of para-hydroxylation sites is 1. The number of aromatic nitrogens is 2. The summed E-state index contributed by atoms with van der Waals surface area (Å²) in [6.45, 7) is 0.0595. The highest BCUT2D eigenvalue weighted by Gasteiger charge is 2.16. The van der Waals surface area contributed by atoms with E-state index in [1.807, 2.05) is 18.2 Å². The lowest BCUT2D eigenvalue weighted by Gasteiger charge is -2.07. The molecule has 0 atom stereocenters. The molecular formula is C16H13Cl2N3O3S. The summed E-state index contributed by atoms with van der Waals surface area (Å²) in [6.07, 6.45) is 1.37. The van der Waals surface area contributed by atoms with Crippen LogP contribution in [0.25, 0.3) is 10.9 Å². The van der Waals surface area contributed by atoms with E-state index in [4.69, 9.17) is 23.2 Å². The topological polar surface area (TPSA) is 91.9 Å². The predicted octanol–water partition coefficient (Wildman–Crippen LogP) is 2.75. The van der Waals surface area contributed by atoms with Gasteiger partial charge in [0.05, 0.1) is 5.02 Å². The molecule has 2 heterocycles. The molecule has 1 aromatic carbocycles. The van der Waals surface area contributed by atoms with Crippen molar-refractivity contribution in [2.24, 2.45) is 0 Å². The van der Waals surface area contributed by atoms with E-state index in [1.165, 1.54) is 6.07 Å². The number of sulfonamides is 1. The minimum Gasteiger partial charge on any atom is -0.322 e. The van der Waals surface area contributed by atoms with Gasteiger partial charge in [0.2, 0.25) is 10.0 Å². The van der Waals surface area contributed by atoms with Gasteiger partial charge in [0.1, 0.15) is 10.0 Å². The summed E-state index contributed by atoms with van der Waals surface area (Å²) in [5, 5.41) is 0.965. The van der Waals surface area contributed by atoms with Crippen LogP contribution in [-0.4, -0.2) is 24.9 Å². The average molecular weight is 398 g/mol. The standard InChI is InChI=1S/C16H13Cl2N3O3S/c17-13-8-12(9-19-15(13)18)25(23,24)20-6-5-11-7-10-3-1-2-4-14(10)21-16(11)22/h1-4,7-9,20H,5-6H2,(H,21,22). The fourth-order valence-corrected chi connectivity index (χ4v) is 3.67. The van der Waals surface area contributed by atoms with E-state index < -0.39 is 10.0 Å². The zero-order valence-corrected chi connectivity index (χ0v) is 15.1. The molecule has 0 fully saturated rings. The molecule has 9 heteroatoms. The molecule has 0 unspecified atom stereocenters. The van der Waals surface area contributed by atoms with E-state index in [9.17, 15) is 13.2 Å². The molecule has 0 saturated carbocycles. The summed E-state index contributed by atoms with van der Waals surface area (Å²) in [6, 6.07) is 10.4. The summed E-state index contributed by atoms with van der Waals surface area (Å²) in [5.41, 5.74) is 0.987. The fourth-order valence-electron chi connectivity index (χ4n) is 2.33. The number of pyridine rings is 2. The smallest absolute Gasteiger partial charge is 0.251 e. The van der Waals surface area contributed by atoms with Crippen LogP contribution in [0.15, 0.2) is 52.3 Å². The first-order valence-corrected chi connectivity index (χ1v) is 9.52. The molecule has 2 N–H and O–H groups in total. The van der Waals surface area contributed by atoms with Crippen molar-refractivity contribution in [1.82, 2.24) is 14.7 Å². The Morgan fingerprint density at radius 1 is 1.16 bits per heavy atom. The molecule has 6 nitrogen and oxygen atoms in total. The molecular weight excluding hydrogens is 385 g/mol. The number of hydrogen-bond acceptors (Lipinski definition) is 4. The monoisotopic (exact) mass is 397 g/mol. The summed E-state index contributed by atoms with van der Waals surface area (Å²) < 4.78 is 26.9. The highest BCUT2D eigenvalue weighted by atomic mass is 35.5. The summed E-state index contributed by atoms with van der Waals surface area (Å²) >= 11 is 11.5. The highest BCUT2D eigenvalue weighted by molar-refractivity contribution is 7.89. The van der Waals surface area contributed by atoms with Crippen LogP contribution in [-0.2, 0) is 16.4 Å². The van der Waals surface area contributed by atoms with Crippen molar-refractivity contribution < 1.29 is 8.42 Å². The molecule has 0 bridgehead atoms. The number of rotatable bonds is 5. The second kappa shape index (κ2) is 7.13. The Hall–Kier alpha value is -1.93. The second-order valence-corrected chi connectivity index (χ2v) is 7.83. The predicted molar refractivity (Wildman–Crippen MR) is 97.7 cm³/mol. The van der Waals surface area contributed by atoms with Gasteiger partial charge in [-0.1, -0.05) is 41.4 Å². The van der Waals surface area contributed by atoms with Crippen molar-refractivity contribution in [2.75, 3.05) is 6.54 Å². The molecule has 0 spiro atoms. The van der Waals surface area contributed by atoms with Crippen LogP contribution in [0.5, 0.6) is 0 Å². The van der Waals surface area contributed by atoms with Gasteiger partial charge in [-0.25, -0.2) is 18.1 Å². The van der Waals surface area contributed by atoms with Crippen molar-refractivity contribution in [2.45, 2.75) is 11.3 Å². The molecule has 0 radical (unpaired) electrons. The van der Waals surface area contributed by atoms with E-state index in [2.05, 4.69) is 14.7 Å². The van der Waals surface area contributed by atoms with Gasteiger partial charge in [-0.05, 0) is 30.0 Å². The highest BCUT2D eigenvalue weighted by Crippen LogP contribution is 2.22. The molecule has 3 rings (SSSR count). The van der Waals surface area contributed by atoms with Gasteiger partial charge in [0, 0.05) is 23.8 Å². The Morgan fingerprint density at radius 3 is 2.68 bits per heavy atom. The maximum Gasteiger partial charge on any atom is 0.251 e. The Balaban J connectivity index is 1.75. The number of nitrogens with zero attached hydrogens (tertiary/aromatic N) is 1. The summed E-state index contributed by atoms with van der Waals surface area (Å²) in [4.78, 5) is 18.5. The largest absolute Gasteiger partial charge is 0.322 e. The molecule has 130 valence electrons. The van der Waals surface area contributed by atoms with Crippen LogP contribution < -0.4 is 10.3 Å². The molecule has 0 aliphatic rings. The minimum atomic E-state index is -3.79. The first-order chi connectivity index (χ1) is 11.9. The quantitative estimate of drug-likeness (QED) is 0.647. The first-order valence-electron chi connectivity index (χ1n) is 7.28. The van der Waals surface area contributed by atoms with Gasteiger partial charge in [-0.2, -0.15) is 0 Å². The van der Waals surface area contributed by atoms with Crippen LogP contribution in [0.1, 0.15) is 5.56 Å². The average Bonchev–Trinajstić information content (AvgIpc) is 2.57. The van der Waals surface area contributed by atoms with Gasteiger partial charge in [-0.15, -0.1) is 0 Å². The lowest BCUT2D eigenvalue weighted by molar-refractivity contribution is 0.581. The molecule has 2 aromatic heterocycles. The minimum absolute atomic E-state index is 0.0308. The summed E-state index contributed by atoms with van der Waals surface area (Å²) in [7, 11) is -3.79. The van der Waals surface area contributed by atoms with Gasteiger partial charge in [0.25, 0.3) is 5.56 Å². The van der Waals surface area contributed by atoms with Crippen molar-refractivity contribution in [1.29, 1.82) is 0 Å². The Bertz CT molecular complexity index is 1100. The van der Waals surface area contributed by atoms with Crippen molar-refractivity contribution in [3.05, 3.63) is 68.7 Å². The number of benzene rings is 1. The Kier molecular flexibility index (Phi) is 5.10. The van der Waals surface area contributed by atoms with E-state index in [0.717, 1.165) is 17.1 Å². The van der Waals surface area contributed by atoms with Crippen molar-refractivity contribution in [3.63, 3.8) is 0 Å². The van der Waals surface area contributed by atoms with E-state index in [0.29, 0.717) is 5.56 Å². The Labute approximate surface area is 153 Å². The summed E-state index contributed by atoms with van der Waals surface area (Å²) in [5.74, 6) is 0. The van der Waals surface area contributed by atoms with Crippen LogP contribution in [0, 0.1) is 0 Å².